The molecule has 1 aliphatic heterocycles. The van der Waals surface area contributed by atoms with Gasteiger partial charge in [0.2, 0.25) is 6.29 Å². The zero-order chi connectivity index (χ0) is 13.8. The van der Waals surface area contributed by atoms with Gasteiger partial charge < -0.3 is 19.5 Å². The number of esters is 1. The van der Waals surface area contributed by atoms with Gasteiger partial charge in [-0.1, -0.05) is 6.92 Å². The van der Waals surface area contributed by atoms with Crippen molar-refractivity contribution in [2.75, 3.05) is 19.5 Å². The second-order valence-electron chi connectivity index (χ2n) is 4.07. The van der Waals surface area contributed by atoms with E-state index in [0.717, 1.165) is 11.4 Å². The molecule has 1 N–H and O–H groups in total. The third-order valence-electron chi connectivity index (χ3n) is 2.96. The zero-order valence-electron chi connectivity index (χ0n) is 11.2. The Kier molecular flexibility index (Phi) is 4.06. The minimum atomic E-state index is -0.662. The second kappa shape index (κ2) is 5.75. The number of carbonyl (C=O) groups excluding carboxylic acids is 1. The van der Waals surface area contributed by atoms with Crippen molar-refractivity contribution in [3.8, 4) is 5.75 Å². The quantitative estimate of drug-likeness (QED) is 0.826. The molecule has 0 aromatic heterocycles. The number of hydrogen-bond donors (Lipinski definition) is 1. The van der Waals surface area contributed by atoms with Crippen molar-refractivity contribution >= 4 is 11.7 Å². The fraction of sp³-hybridized carbons (Fsp3) is 0.357. The van der Waals surface area contributed by atoms with E-state index in [-0.39, 0.29) is 5.97 Å². The number of carbonyl (C=O) groups is 1. The van der Waals surface area contributed by atoms with Gasteiger partial charge in [-0.3, -0.25) is 0 Å². The van der Waals surface area contributed by atoms with E-state index in [0.29, 0.717) is 17.7 Å². The van der Waals surface area contributed by atoms with Crippen LogP contribution in [0.5, 0.6) is 5.75 Å². The second-order valence-corrected chi connectivity index (χ2v) is 4.07. The van der Waals surface area contributed by atoms with Gasteiger partial charge in [-0.25, -0.2) is 4.79 Å². The predicted octanol–water partition coefficient (Wildman–Crippen LogP) is 2.30. The Labute approximate surface area is 112 Å². The van der Waals surface area contributed by atoms with Crippen LogP contribution in [-0.4, -0.2) is 26.5 Å². The maximum Gasteiger partial charge on any atom is 0.338 e. The summed E-state index contributed by atoms with van der Waals surface area (Å²) in [6.45, 7) is 1.91. The number of cyclic esters (lactones) is 1. The Morgan fingerprint density at radius 1 is 1.26 bits per heavy atom. The number of ether oxygens (including phenoxy) is 3. The molecule has 0 radical (unpaired) electrons. The van der Waals surface area contributed by atoms with E-state index >= 15 is 0 Å². The summed E-state index contributed by atoms with van der Waals surface area (Å²) in [5.41, 5.74) is 2.13. The molecule has 0 saturated carbocycles. The molecule has 0 fully saturated rings. The summed E-state index contributed by atoms with van der Waals surface area (Å²) >= 11 is 0. The van der Waals surface area contributed by atoms with Crippen molar-refractivity contribution in [2.45, 2.75) is 19.6 Å². The lowest BCUT2D eigenvalue weighted by molar-refractivity contribution is -0.155. The van der Waals surface area contributed by atoms with Gasteiger partial charge >= 0.3 is 5.97 Å². The molecule has 102 valence electrons. The molecule has 2 rings (SSSR count). The molecule has 0 unspecified atom stereocenters. The van der Waals surface area contributed by atoms with Crippen LogP contribution in [0.15, 0.2) is 35.5 Å². The van der Waals surface area contributed by atoms with Crippen LogP contribution in [0, 0.1) is 0 Å². The first-order valence-electron chi connectivity index (χ1n) is 6.07. The van der Waals surface area contributed by atoms with E-state index in [1.54, 1.807) is 7.11 Å². The summed E-state index contributed by atoms with van der Waals surface area (Å²) < 4.78 is 15.4. The number of rotatable bonds is 5. The maximum absolute atomic E-state index is 11.7. The summed E-state index contributed by atoms with van der Waals surface area (Å²) in [4.78, 5) is 11.7. The molecule has 0 aliphatic carbocycles. The van der Waals surface area contributed by atoms with Crippen LogP contribution >= 0.6 is 0 Å². The summed E-state index contributed by atoms with van der Waals surface area (Å²) in [5.74, 6) is 0.447. The van der Waals surface area contributed by atoms with Gasteiger partial charge in [-0.05, 0) is 30.7 Å². The lowest BCUT2D eigenvalue weighted by Crippen LogP contribution is -2.18. The van der Waals surface area contributed by atoms with E-state index in [1.807, 2.05) is 31.2 Å². The highest BCUT2D eigenvalue weighted by Gasteiger charge is 2.33. The molecule has 1 aromatic carbocycles. The molecule has 1 aromatic rings. The normalized spacial score (nSPS) is 18.5. The molecule has 1 heterocycles. The summed E-state index contributed by atoms with van der Waals surface area (Å²) in [6.07, 6.45) is -0.0680. The van der Waals surface area contributed by atoms with E-state index < -0.39 is 6.29 Å². The Hall–Kier alpha value is -2.01. The molecule has 1 aliphatic rings. The largest absolute Gasteiger partial charge is 0.497 e. The van der Waals surface area contributed by atoms with Gasteiger partial charge in [0.1, 0.15) is 5.75 Å². The van der Waals surface area contributed by atoms with Crippen molar-refractivity contribution in [1.82, 2.24) is 0 Å². The number of benzene rings is 1. The van der Waals surface area contributed by atoms with Crippen LogP contribution in [-0.2, 0) is 14.3 Å². The van der Waals surface area contributed by atoms with Crippen molar-refractivity contribution in [1.29, 1.82) is 0 Å². The third-order valence-corrected chi connectivity index (χ3v) is 2.96. The first-order chi connectivity index (χ1) is 9.19. The molecule has 5 nitrogen and oxygen atoms in total. The summed E-state index contributed by atoms with van der Waals surface area (Å²) in [5, 5.41) is 3.18. The predicted molar refractivity (Wildman–Crippen MR) is 70.8 cm³/mol. The van der Waals surface area contributed by atoms with Crippen molar-refractivity contribution in [2.24, 2.45) is 0 Å². The van der Waals surface area contributed by atoms with Gasteiger partial charge in [0.05, 0.1) is 18.4 Å². The van der Waals surface area contributed by atoms with Gasteiger partial charge in [0.25, 0.3) is 0 Å². The highest BCUT2D eigenvalue weighted by molar-refractivity contribution is 5.92. The van der Waals surface area contributed by atoms with Crippen LogP contribution in [0.25, 0.3) is 0 Å². The van der Waals surface area contributed by atoms with Crippen molar-refractivity contribution in [3.05, 3.63) is 35.5 Å². The molecule has 5 heteroatoms. The first-order valence-corrected chi connectivity index (χ1v) is 6.07. The van der Waals surface area contributed by atoms with Gasteiger partial charge in [0, 0.05) is 12.8 Å². The van der Waals surface area contributed by atoms with Crippen LogP contribution in [0.2, 0.25) is 0 Å². The van der Waals surface area contributed by atoms with E-state index in [2.05, 4.69) is 5.32 Å². The molecular weight excluding hydrogens is 246 g/mol. The number of anilines is 1. The first kappa shape index (κ1) is 13.4. The maximum atomic E-state index is 11.7. The minimum absolute atomic E-state index is 0.328. The number of hydrogen-bond acceptors (Lipinski definition) is 5. The average Bonchev–Trinajstić information content (AvgIpc) is 2.75. The number of nitrogens with one attached hydrogen (secondary N) is 1. The van der Waals surface area contributed by atoms with Crippen molar-refractivity contribution in [3.63, 3.8) is 0 Å². The lowest BCUT2D eigenvalue weighted by atomic mass is 10.1. The smallest absolute Gasteiger partial charge is 0.338 e. The van der Waals surface area contributed by atoms with E-state index in [9.17, 15) is 4.79 Å². The SMILES string of the molecule is CCC1=C(Nc2ccc(OC)cc2)[C@@H](OC)OC1=O. The van der Waals surface area contributed by atoms with Crippen LogP contribution < -0.4 is 10.1 Å². The average molecular weight is 263 g/mol. The highest BCUT2D eigenvalue weighted by Crippen LogP contribution is 2.27. The molecule has 0 saturated heterocycles. The summed E-state index contributed by atoms with van der Waals surface area (Å²) in [6, 6.07) is 7.42. The highest BCUT2D eigenvalue weighted by atomic mass is 16.7. The summed E-state index contributed by atoms with van der Waals surface area (Å²) in [7, 11) is 3.12. The fourth-order valence-corrected chi connectivity index (χ4v) is 1.94. The van der Waals surface area contributed by atoms with E-state index in [1.165, 1.54) is 7.11 Å². The molecular formula is C14H17NO4. The monoisotopic (exact) mass is 263 g/mol. The van der Waals surface area contributed by atoms with Gasteiger partial charge in [-0.15, -0.1) is 0 Å². The van der Waals surface area contributed by atoms with Crippen LogP contribution in [0.4, 0.5) is 5.69 Å². The number of methoxy groups -OCH3 is 2. The molecule has 0 spiro atoms. The zero-order valence-corrected chi connectivity index (χ0v) is 11.2. The molecule has 1 atom stereocenters. The van der Waals surface area contributed by atoms with Crippen LogP contribution in [0.3, 0.4) is 0 Å². The standard InChI is InChI=1S/C14H17NO4/c1-4-11-12(14(18-3)19-13(11)16)15-9-5-7-10(17-2)8-6-9/h5-8,14-15H,4H2,1-3H3/t14-/m0/s1. The Morgan fingerprint density at radius 2 is 1.95 bits per heavy atom. The van der Waals surface area contributed by atoms with Gasteiger partial charge in [0.15, 0.2) is 0 Å². The topological polar surface area (TPSA) is 56.8 Å². The lowest BCUT2D eigenvalue weighted by Gasteiger charge is -2.14. The minimum Gasteiger partial charge on any atom is -0.497 e. The van der Waals surface area contributed by atoms with Crippen LogP contribution in [0.1, 0.15) is 13.3 Å². The fourth-order valence-electron chi connectivity index (χ4n) is 1.94. The van der Waals surface area contributed by atoms with Crippen molar-refractivity contribution < 1.29 is 19.0 Å². The van der Waals surface area contributed by atoms with E-state index in [4.69, 9.17) is 14.2 Å². The molecule has 0 amide bonds. The van der Waals surface area contributed by atoms with Gasteiger partial charge in [-0.2, -0.15) is 0 Å². The third kappa shape index (κ3) is 2.71. The molecule has 19 heavy (non-hydrogen) atoms. The Morgan fingerprint density at radius 3 is 2.47 bits per heavy atom. The Bertz CT molecular complexity index is 493. The molecule has 0 bridgehead atoms. The Balaban J connectivity index is 2.23.